The van der Waals surface area contributed by atoms with Crippen LogP contribution >= 0.6 is 15.9 Å². The number of hydrazone groups is 1. The largest absolute Gasteiger partial charge is 0.331 e. The highest BCUT2D eigenvalue weighted by Crippen LogP contribution is 2.33. The van der Waals surface area contributed by atoms with Crippen LogP contribution in [-0.4, -0.2) is 24.9 Å². The minimum atomic E-state index is -0.433. The van der Waals surface area contributed by atoms with Crippen molar-refractivity contribution in [3.05, 3.63) is 99.5 Å². The lowest BCUT2D eigenvalue weighted by Crippen LogP contribution is -2.40. The highest BCUT2D eigenvalue weighted by atomic mass is 79.9. The molecule has 3 aromatic rings. The van der Waals surface area contributed by atoms with Gasteiger partial charge in [-0.25, -0.2) is 10.3 Å². The third kappa shape index (κ3) is 8.23. The molecule has 0 aliphatic heterocycles. The maximum atomic E-state index is 13.7. The van der Waals surface area contributed by atoms with Crippen molar-refractivity contribution in [3.63, 3.8) is 0 Å². The molecule has 1 saturated carbocycles. The number of benzene rings is 3. The van der Waals surface area contributed by atoms with E-state index in [0.29, 0.717) is 18.0 Å². The first kappa shape index (κ1) is 29.9. The lowest BCUT2D eigenvalue weighted by Gasteiger charge is -2.27. The summed E-state index contributed by atoms with van der Waals surface area (Å²) in [5.74, 6) is 0.0106. The Kier molecular flexibility index (Phi) is 10.6. The monoisotopic (exact) mass is 617 g/mol. The molecule has 1 unspecified atom stereocenters. The highest BCUT2D eigenvalue weighted by molar-refractivity contribution is 9.10. The van der Waals surface area contributed by atoms with Crippen molar-refractivity contribution in [2.75, 3.05) is 11.9 Å². The van der Waals surface area contributed by atoms with E-state index in [1.165, 1.54) is 37.7 Å². The van der Waals surface area contributed by atoms with Gasteiger partial charge in [-0.15, -0.1) is 10.2 Å². The quantitative estimate of drug-likeness (QED) is 0.0923. The van der Waals surface area contributed by atoms with Gasteiger partial charge in [0.2, 0.25) is 0 Å². The smallest absolute Gasteiger partial charge is 0.322 e. The molecule has 0 bridgehead atoms. The normalized spacial score (nSPS) is 14.6. The van der Waals surface area contributed by atoms with Crippen LogP contribution in [0.4, 0.5) is 10.5 Å². The molecule has 0 radical (unpaired) electrons. The molecule has 0 aromatic heterocycles. The number of anilines is 1. The van der Waals surface area contributed by atoms with Crippen LogP contribution in [0.25, 0.3) is 0 Å². The predicted octanol–water partition coefficient (Wildman–Crippen LogP) is 7.23. The number of nitrogens with one attached hydrogen (secondary N) is 4. The number of guanidine groups is 1. The number of hydrogen-bond donors (Lipinski definition) is 4. The van der Waals surface area contributed by atoms with Gasteiger partial charge < -0.3 is 10.7 Å². The zero-order chi connectivity index (χ0) is 29.2. The van der Waals surface area contributed by atoms with Gasteiger partial charge in [0.1, 0.15) is 0 Å². The fourth-order valence-electron chi connectivity index (χ4n) is 5.05. The first-order chi connectivity index (χ1) is 19.9. The molecule has 4 N–H and O–H groups in total. The van der Waals surface area contributed by atoms with Crippen molar-refractivity contribution in [3.8, 4) is 0 Å². The number of nitrogens with zero attached hydrogens (tertiary/aromatic N) is 3. The van der Waals surface area contributed by atoms with Crippen LogP contribution in [-0.2, 0) is 6.54 Å². The second kappa shape index (κ2) is 14.5. The van der Waals surface area contributed by atoms with Crippen LogP contribution in [0.2, 0.25) is 0 Å². The number of halogens is 1. The molecule has 0 heterocycles. The topological polar surface area (TPSA) is 122 Å². The SMILES string of the molecule is CN/N=C(\N=N)NC(=O)c1ccc(CN(C(=O)NC(C)c2ccc(Br)cc2)c2ccc(C3CCCCC3)cc2)cc1. The molecule has 1 aliphatic carbocycles. The molecule has 10 heteroatoms. The average molecular weight is 619 g/mol. The second-order valence-electron chi connectivity index (χ2n) is 10.2. The summed E-state index contributed by atoms with van der Waals surface area (Å²) in [6.45, 7) is 2.28. The Hall–Kier alpha value is -4.05. The summed E-state index contributed by atoms with van der Waals surface area (Å²) in [4.78, 5) is 27.9. The molecule has 4 rings (SSSR count). The van der Waals surface area contributed by atoms with E-state index in [1.807, 2.05) is 55.5 Å². The minimum Gasteiger partial charge on any atom is -0.331 e. The standard InChI is InChI=1S/C31H36BrN7O2/c1-21(23-12-16-27(32)17-13-23)35-31(41)39(28-18-14-25(15-19-28)24-6-4-3-5-7-24)20-22-8-10-26(11-9-22)29(40)36-30(37-33)38-34-2/h8-19,21,24,33-34H,3-7,20H2,1-2H3,(H,35,41)(H,36,38,40). The number of carbonyl (C=O) groups excluding carboxylic acids is 2. The van der Waals surface area contributed by atoms with E-state index in [4.69, 9.17) is 5.53 Å². The molecule has 1 fully saturated rings. The Morgan fingerprint density at radius 1 is 0.976 bits per heavy atom. The predicted molar refractivity (Wildman–Crippen MR) is 165 cm³/mol. The Labute approximate surface area is 249 Å². The van der Waals surface area contributed by atoms with Gasteiger partial charge >= 0.3 is 6.03 Å². The summed E-state index contributed by atoms with van der Waals surface area (Å²) in [7, 11) is 1.55. The van der Waals surface area contributed by atoms with E-state index in [2.05, 4.69) is 54.3 Å². The number of urea groups is 1. The molecular weight excluding hydrogens is 582 g/mol. The summed E-state index contributed by atoms with van der Waals surface area (Å²) < 4.78 is 0.983. The second-order valence-corrected chi connectivity index (χ2v) is 11.1. The zero-order valence-corrected chi connectivity index (χ0v) is 24.9. The number of carbonyl (C=O) groups is 2. The summed E-state index contributed by atoms with van der Waals surface area (Å²) in [6.07, 6.45) is 6.28. The zero-order valence-electron chi connectivity index (χ0n) is 23.4. The molecule has 0 saturated heterocycles. The van der Waals surface area contributed by atoms with Crippen LogP contribution in [0.5, 0.6) is 0 Å². The van der Waals surface area contributed by atoms with Crippen molar-refractivity contribution in [1.29, 1.82) is 5.53 Å². The number of hydrogen-bond acceptors (Lipinski definition) is 5. The fraction of sp³-hybridized carbons (Fsp3) is 0.323. The summed E-state index contributed by atoms with van der Waals surface area (Å²) in [6, 6.07) is 22.9. The first-order valence-corrected chi connectivity index (χ1v) is 14.6. The third-order valence-corrected chi connectivity index (χ3v) is 7.87. The van der Waals surface area contributed by atoms with Crippen molar-refractivity contribution in [2.45, 2.75) is 57.5 Å². The van der Waals surface area contributed by atoms with E-state index >= 15 is 0 Å². The number of rotatable bonds is 8. The molecule has 214 valence electrons. The Bertz CT molecular complexity index is 1350. The van der Waals surface area contributed by atoms with E-state index < -0.39 is 5.91 Å². The van der Waals surface area contributed by atoms with Crippen LogP contribution in [0, 0.1) is 5.53 Å². The molecule has 1 atom stereocenters. The molecule has 41 heavy (non-hydrogen) atoms. The van der Waals surface area contributed by atoms with Crippen molar-refractivity contribution < 1.29 is 9.59 Å². The molecule has 0 spiro atoms. The van der Waals surface area contributed by atoms with Gasteiger partial charge in [0.25, 0.3) is 11.9 Å². The van der Waals surface area contributed by atoms with Crippen molar-refractivity contribution in [1.82, 2.24) is 16.1 Å². The van der Waals surface area contributed by atoms with Gasteiger partial charge in [0.15, 0.2) is 0 Å². The van der Waals surface area contributed by atoms with Crippen LogP contribution < -0.4 is 21.0 Å². The first-order valence-electron chi connectivity index (χ1n) is 13.8. The fourth-order valence-corrected chi connectivity index (χ4v) is 5.31. The summed E-state index contributed by atoms with van der Waals surface area (Å²) in [5.41, 5.74) is 14.0. The van der Waals surface area contributed by atoms with E-state index in [-0.39, 0.29) is 18.0 Å². The van der Waals surface area contributed by atoms with Crippen LogP contribution in [0.1, 0.15) is 78.0 Å². The Morgan fingerprint density at radius 2 is 1.63 bits per heavy atom. The molecule has 1 aliphatic rings. The lowest BCUT2D eigenvalue weighted by atomic mass is 9.84. The Morgan fingerprint density at radius 3 is 2.24 bits per heavy atom. The van der Waals surface area contributed by atoms with Gasteiger partial charge in [-0.05, 0) is 78.8 Å². The average Bonchev–Trinajstić information content (AvgIpc) is 3.00. The van der Waals surface area contributed by atoms with Gasteiger partial charge in [0.05, 0.1) is 12.6 Å². The Balaban J connectivity index is 1.53. The molecule has 3 aromatic carbocycles. The van der Waals surface area contributed by atoms with Crippen molar-refractivity contribution in [2.24, 2.45) is 10.2 Å². The van der Waals surface area contributed by atoms with Gasteiger partial charge in [0, 0.05) is 22.8 Å². The molecular formula is C31H36BrN7O2. The lowest BCUT2D eigenvalue weighted by molar-refractivity contribution is 0.0976. The minimum absolute atomic E-state index is 0.138. The maximum Gasteiger partial charge on any atom is 0.322 e. The molecule has 9 nitrogen and oxygen atoms in total. The van der Waals surface area contributed by atoms with Gasteiger partial charge in [-0.3, -0.25) is 15.0 Å². The summed E-state index contributed by atoms with van der Waals surface area (Å²) >= 11 is 3.46. The number of amides is 3. The summed E-state index contributed by atoms with van der Waals surface area (Å²) in [5, 5.41) is 12.5. The molecule has 3 amide bonds. The van der Waals surface area contributed by atoms with Crippen molar-refractivity contribution >= 4 is 39.5 Å². The van der Waals surface area contributed by atoms with Crippen LogP contribution in [0.15, 0.2) is 87.5 Å². The highest BCUT2D eigenvalue weighted by Gasteiger charge is 2.21. The van der Waals surface area contributed by atoms with Crippen LogP contribution in [0.3, 0.4) is 0 Å². The van der Waals surface area contributed by atoms with E-state index in [0.717, 1.165) is 21.3 Å². The van der Waals surface area contributed by atoms with Gasteiger partial charge in [-0.2, -0.15) is 0 Å². The van der Waals surface area contributed by atoms with E-state index in [9.17, 15) is 9.59 Å². The van der Waals surface area contributed by atoms with Gasteiger partial charge in [-0.1, -0.05) is 71.6 Å². The maximum absolute atomic E-state index is 13.7. The third-order valence-electron chi connectivity index (χ3n) is 7.34. The van der Waals surface area contributed by atoms with E-state index in [1.54, 1.807) is 24.1 Å².